The summed E-state index contributed by atoms with van der Waals surface area (Å²) in [5.41, 5.74) is 7.00. The van der Waals surface area contributed by atoms with Gasteiger partial charge in [0.05, 0.1) is 18.1 Å². The molecule has 0 aliphatic carbocycles. The number of hydrogen-bond donors (Lipinski definition) is 2. The van der Waals surface area contributed by atoms with Crippen LogP contribution >= 0.6 is 0 Å². The molecule has 4 heterocycles. The van der Waals surface area contributed by atoms with Gasteiger partial charge in [-0.25, -0.2) is 19.9 Å². The fourth-order valence-electron chi connectivity index (χ4n) is 4.95. The van der Waals surface area contributed by atoms with Crippen LogP contribution in [0.3, 0.4) is 0 Å². The Morgan fingerprint density at radius 1 is 1.00 bits per heavy atom. The average molecular weight is 507 g/mol. The van der Waals surface area contributed by atoms with Crippen LogP contribution in [0, 0.1) is 13.8 Å². The first-order chi connectivity index (χ1) is 18.4. The van der Waals surface area contributed by atoms with Crippen molar-refractivity contribution in [3.8, 4) is 22.4 Å². The van der Waals surface area contributed by atoms with Crippen LogP contribution in [0.1, 0.15) is 36.3 Å². The van der Waals surface area contributed by atoms with Gasteiger partial charge in [0.25, 0.3) is 0 Å². The quantitative estimate of drug-likeness (QED) is 0.302. The van der Waals surface area contributed by atoms with E-state index >= 15 is 0 Å². The van der Waals surface area contributed by atoms with Crippen molar-refractivity contribution in [3.63, 3.8) is 0 Å². The number of aliphatic hydroxyl groups excluding tert-OH is 1. The highest BCUT2D eigenvalue weighted by Gasteiger charge is 2.22. The van der Waals surface area contributed by atoms with E-state index in [1.165, 1.54) is 0 Å². The molecule has 38 heavy (non-hydrogen) atoms. The number of nitrogens with zero attached hydrogens (tertiary/aromatic N) is 5. The van der Waals surface area contributed by atoms with Crippen molar-refractivity contribution < 1.29 is 9.52 Å². The lowest BCUT2D eigenvalue weighted by Crippen LogP contribution is -2.23. The lowest BCUT2D eigenvalue weighted by atomic mass is 10.0. The molecule has 192 valence electrons. The van der Waals surface area contributed by atoms with E-state index in [4.69, 9.17) is 4.42 Å². The van der Waals surface area contributed by atoms with Crippen LogP contribution < -0.4 is 10.2 Å². The number of furan rings is 1. The Morgan fingerprint density at radius 3 is 2.63 bits per heavy atom. The van der Waals surface area contributed by atoms with Crippen molar-refractivity contribution in [2.45, 2.75) is 39.3 Å². The zero-order chi connectivity index (χ0) is 26.2. The second-order valence-corrected chi connectivity index (χ2v) is 9.97. The number of anilines is 2. The minimum Gasteiger partial charge on any atom is -0.464 e. The molecule has 6 rings (SSSR count). The van der Waals surface area contributed by atoms with Crippen LogP contribution in [0.2, 0.25) is 0 Å². The maximum Gasteiger partial charge on any atom is 0.225 e. The Morgan fingerprint density at radius 2 is 1.84 bits per heavy atom. The number of benzene rings is 2. The van der Waals surface area contributed by atoms with Crippen molar-refractivity contribution in [1.82, 2.24) is 19.9 Å². The number of aromatic nitrogens is 4. The van der Waals surface area contributed by atoms with Crippen LogP contribution in [-0.4, -0.2) is 44.2 Å². The van der Waals surface area contributed by atoms with Crippen LogP contribution in [-0.2, 0) is 0 Å². The van der Waals surface area contributed by atoms with Gasteiger partial charge in [-0.3, -0.25) is 0 Å². The number of aliphatic hydroxyl groups is 1. The second-order valence-electron chi connectivity index (χ2n) is 9.97. The van der Waals surface area contributed by atoms with Gasteiger partial charge in [0, 0.05) is 54.1 Å². The molecule has 3 aromatic heterocycles. The summed E-state index contributed by atoms with van der Waals surface area (Å²) < 4.78 is 5.60. The largest absolute Gasteiger partial charge is 0.464 e. The lowest BCUT2D eigenvalue weighted by molar-refractivity contribution is 0.198. The highest BCUT2D eigenvalue weighted by atomic mass is 16.3. The van der Waals surface area contributed by atoms with Crippen molar-refractivity contribution >= 4 is 22.7 Å². The van der Waals surface area contributed by atoms with E-state index in [1.807, 2.05) is 55.4 Å². The molecule has 1 fully saturated rings. The third kappa shape index (κ3) is 4.82. The Hall–Kier alpha value is -4.30. The Balaban J connectivity index is 1.21. The molecule has 0 bridgehead atoms. The molecule has 0 spiro atoms. The van der Waals surface area contributed by atoms with Crippen LogP contribution in [0.4, 0.5) is 11.8 Å². The summed E-state index contributed by atoms with van der Waals surface area (Å²) in [6, 6.07) is 16.5. The van der Waals surface area contributed by atoms with E-state index in [9.17, 15) is 5.11 Å². The normalized spacial score (nSPS) is 16.2. The summed E-state index contributed by atoms with van der Waals surface area (Å²) >= 11 is 0. The smallest absolute Gasteiger partial charge is 0.225 e. The molecule has 2 unspecified atom stereocenters. The van der Waals surface area contributed by atoms with Gasteiger partial charge in [0.2, 0.25) is 5.95 Å². The van der Waals surface area contributed by atoms with Gasteiger partial charge in [0.15, 0.2) is 0 Å². The topological polar surface area (TPSA) is 100 Å². The predicted octanol–water partition coefficient (Wildman–Crippen LogP) is 5.71. The summed E-state index contributed by atoms with van der Waals surface area (Å²) in [5.74, 6) is 2.14. The summed E-state index contributed by atoms with van der Waals surface area (Å²) in [4.78, 5) is 20.4. The van der Waals surface area contributed by atoms with Crippen molar-refractivity contribution in [2.75, 3.05) is 23.3 Å². The fourth-order valence-corrected chi connectivity index (χ4v) is 4.95. The molecule has 0 amide bonds. The van der Waals surface area contributed by atoms with Gasteiger partial charge in [-0.2, -0.15) is 0 Å². The number of fused-ring (bicyclic) bond motifs is 1. The van der Waals surface area contributed by atoms with E-state index in [2.05, 4.69) is 56.4 Å². The predicted molar refractivity (Wildman–Crippen MR) is 149 cm³/mol. The van der Waals surface area contributed by atoms with Gasteiger partial charge >= 0.3 is 0 Å². The van der Waals surface area contributed by atoms with E-state index in [0.717, 1.165) is 63.3 Å². The minimum atomic E-state index is -0.303. The first-order valence-electron chi connectivity index (χ1n) is 12.9. The second kappa shape index (κ2) is 9.87. The molecule has 8 nitrogen and oxygen atoms in total. The molecule has 1 aliphatic rings. The number of rotatable bonds is 6. The number of aryl methyl sites for hydroxylation is 2. The van der Waals surface area contributed by atoms with Crippen LogP contribution in [0.15, 0.2) is 71.6 Å². The Kier molecular flexibility index (Phi) is 6.25. The molecule has 8 heteroatoms. The van der Waals surface area contributed by atoms with Gasteiger partial charge in [-0.05, 0) is 68.1 Å². The molecule has 5 aromatic rings. The summed E-state index contributed by atoms with van der Waals surface area (Å²) in [7, 11) is 0. The van der Waals surface area contributed by atoms with Gasteiger partial charge in [0.1, 0.15) is 17.2 Å². The van der Waals surface area contributed by atoms with E-state index in [-0.39, 0.29) is 12.1 Å². The average Bonchev–Trinajstić information content (AvgIpc) is 3.53. The highest BCUT2D eigenvalue weighted by Crippen LogP contribution is 2.29. The van der Waals surface area contributed by atoms with Crippen molar-refractivity contribution in [3.05, 3.63) is 84.1 Å². The van der Waals surface area contributed by atoms with E-state index < -0.39 is 0 Å². The lowest BCUT2D eigenvalue weighted by Gasteiger charge is -2.17. The number of β-amino-alcohol motifs (C(OH)–C–C–N with tert-alkyl or cyclic N) is 1. The molecular formula is C30H30N6O2. The van der Waals surface area contributed by atoms with E-state index in [0.29, 0.717) is 18.3 Å². The molecule has 2 N–H and O–H groups in total. The molecule has 0 saturated carbocycles. The first kappa shape index (κ1) is 24.1. The maximum absolute atomic E-state index is 9.80. The molecule has 2 atom stereocenters. The third-order valence-corrected chi connectivity index (χ3v) is 7.07. The van der Waals surface area contributed by atoms with Crippen molar-refractivity contribution in [2.24, 2.45) is 0 Å². The summed E-state index contributed by atoms with van der Waals surface area (Å²) in [6.45, 7) is 7.44. The fraction of sp³-hybridized carbons (Fsp3) is 0.267. The zero-order valence-corrected chi connectivity index (χ0v) is 21.7. The highest BCUT2D eigenvalue weighted by molar-refractivity contribution is 5.85. The zero-order valence-electron chi connectivity index (χ0n) is 21.7. The van der Waals surface area contributed by atoms with Crippen LogP contribution in [0.5, 0.6) is 0 Å². The first-order valence-corrected chi connectivity index (χ1v) is 12.9. The number of nitrogens with one attached hydrogen (secondary N) is 1. The van der Waals surface area contributed by atoms with Crippen molar-refractivity contribution in [1.29, 1.82) is 0 Å². The Labute approximate surface area is 221 Å². The monoisotopic (exact) mass is 506 g/mol. The number of hydrogen-bond acceptors (Lipinski definition) is 8. The molecular weight excluding hydrogens is 476 g/mol. The SMILES string of the molecule is Cc1nc(NC(C)c2cccc(-c3cnc(N4CCC(O)C4)nc3)c2)cc(-c2ccc3occ(C)c3c2)n1. The van der Waals surface area contributed by atoms with Gasteiger partial charge in [-0.1, -0.05) is 18.2 Å². The van der Waals surface area contributed by atoms with Crippen LogP contribution in [0.25, 0.3) is 33.4 Å². The van der Waals surface area contributed by atoms with Gasteiger partial charge in [-0.15, -0.1) is 0 Å². The molecule has 1 saturated heterocycles. The summed E-state index contributed by atoms with van der Waals surface area (Å²) in [5, 5.41) is 14.4. The molecule has 0 radical (unpaired) electrons. The van der Waals surface area contributed by atoms with Gasteiger partial charge < -0.3 is 19.7 Å². The molecule has 1 aliphatic heterocycles. The molecule has 2 aromatic carbocycles. The standard InChI is InChI=1S/C30H30N6O2/c1-18-17-38-28-8-7-23(12-26(18)28)27-13-29(35-20(3)34-27)33-19(2)21-5-4-6-22(11-21)24-14-31-30(32-15-24)36-10-9-25(37)16-36/h4-8,11-15,17,19,25,37H,9-10,16H2,1-3H3,(H,33,34,35). The summed E-state index contributed by atoms with van der Waals surface area (Å²) in [6.07, 6.45) is 5.93. The maximum atomic E-state index is 9.80. The third-order valence-electron chi connectivity index (χ3n) is 7.07. The minimum absolute atomic E-state index is 0.0157. The van der Waals surface area contributed by atoms with E-state index in [1.54, 1.807) is 6.26 Å². The Bertz CT molecular complexity index is 1600.